The number of ether oxygens (including phenoxy) is 2. The minimum absolute atomic E-state index is 0.0399. The van der Waals surface area contributed by atoms with E-state index in [4.69, 9.17) is 19.6 Å². The van der Waals surface area contributed by atoms with E-state index in [1.54, 1.807) is 12.0 Å². The van der Waals surface area contributed by atoms with Crippen molar-refractivity contribution in [3.05, 3.63) is 53.4 Å². The van der Waals surface area contributed by atoms with Crippen LogP contribution in [0, 0.1) is 12.8 Å². The molecule has 0 bridgehead atoms. The number of methoxy groups -OCH3 is 1. The number of piperidine rings is 1. The highest BCUT2D eigenvalue weighted by molar-refractivity contribution is 5.97. The summed E-state index contributed by atoms with van der Waals surface area (Å²) in [6.07, 6.45) is 3.39. The molecule has 1 saturated heterocycles. The van der Waals surface area contributed by atoms with Gasteiger partial charge < -0.3 is 34.6 Å². The number of para-hydroxylation sites is 1. The predicted molar refractivity (Wildman–Crippen MR) is 150 cm³/mol. The number of aryl methyl sites for hydroxylation is 1. The Kier molecular flexibility index (Phi) is 9.79. The molecule has 4 N–H and O–H groups in total. The number of aromatic nitrogens is 2. The first-order valence-electron chi connectivity index (χ1n) is 13.8. The van der Waals surface area contributed by atoms with Crippen LogP contribution in [0.15, 0.2) is 34.9 Å². The van der Waals surface area contributed by atoms with E-state index in [2.05, 4.69) is 9.97 Å². The van der Waals surface area contributed by atoms with Gasteiger partial charge in [-0.25, -0.2) is 19.5 Å². The largest absolute Gasteiger partial charge is 0.476 e. The maximum atomic E-state index is 14.2. The Bertz CT molecular complexity index is 1360. The third kappa shape index (κ3) is 6.95. The number of nitrogens with two attached hydrogens (primary N) is 1. The van der Waals surface area contributed by atoms with Gasteiger partial charge in [-0.1, -0.05) is 32.0 Å². The van der Waals surface area contributed by atoms with Crippen LogP contribution < -0.4 is 5.73 Å². The molecule has 41 heavy (non-hydrogen) atoms. The van der Waals surface area contributed by atoms with E-state index in [9.17, 15) is 19.5 Å². The number of hydrogen-bond acceptors (Lipinski definition) is 8. The molecule has 1 aliphatic heterocycles. The maximum Gasteiger partial charge on any atom is 0.358 e. The van der Waals surface area contributed by atoms with E-state index in [1.165, 1.54) is 6.92 Å². The highest BCUT2D eigenvalue weighted by Gasteiger charge is 2.41. The van der Waals surface area contributed by atoms with Crippen molar-refractivity contribution in [1.29, 1.82) is 0 Å². The van der Waals surface area contributed by atoms with E-state index in [0.29, 0.717) is 32.4 Å². The van der Waals surface area contributed by atoms with Gasteiger partial charge in [0, 0.05) is 43.7 Å². The summed E-state index contributed by atoms with van der Waals surface area (Å²) in [5.74, 6) is -1.68. The molecule has 3 aromatic rings. The van der Waals surface area contributed by atoms with Crippen LogP contribution in [0.1, 0.15) is 66.9 Å². The lowest BCUT2D eigenvalue weighted by Crippen LogP contribution is -2.55. The van der Waals surface area contributed by atoms with Crippen molar-refractivity contribution in [3.8, 4) is 0 Å². The van der Waals surface area contributed by atoms with Gasteiger partial charge in [-0.05, 0) is 43.7 Å². The van der Waals surface area contributed by atoms with Crippen LogP contribution in [-0.4, -0.2) is 81.9 Å². The zero-order valence-corrected chi connectivity index (χ0v) is 24.0. The minimum atomic E-state index is -1.26. The molecule has 0 saturated carbocycles. The van der Waals surface area contributed by atoms with Crippen LogP contribution in [0.2, 0.25) is 0 Å². The number of carboxylic acids is 1. The normalized spacial score (nSPS) is 15.8. The van der Waals surface area contributed by atoms with Crippen molar-refractivity contribution in [2.45, 2.75) is 64.6 Å². The molecule has 0 unspecified atom stereocenters. The average molecular weight is 570 g/mol. The summed E-state index contributed by atoms with van der Waals surface area (Å²) in [4.78, 5) is 50.3. The number of carbonyl (C=O) groups is 3. The van der Waals surface area contributed by atoms with Crippen molar-refractivity contribution in [2.75, 3.05) is 27.0 Å². The number of imide groups is 1. The highest BCUT2D eigenvalue weighted by Crippen LogP contribution is 2.32. The molecule has 2 atom stereocenters. The first kappa shape index (κ1) is 30.2. The summed E-state index contributed by atoms with van der Waals surface area (Å²) in [6.45, 7) is 6.28. The summed E-state index contributed by atoms with van der Waals surface area (Å²) < 4.78 is 16.5. The van der Waals surface area contributed by atoms with Gasteiger partial charge in [0.25, 0.3) is 0 Å². The first-order valence-corrected chi connectivity index (χ1v) is 13.8. The highest BCUT2D eigenvalue weighted by atomic mass is 16.7. The molecule has 0 spiro atoms. The SMILES string of the molecule is COCOC1CCN(C(=O)N(C(=O)[C@@H](N)CC(C)C)[C@H](Cc2c[nH]c3ccccc23)c2nc(C(=O)O)c(C)o2)CC1. The number of nitrogens with zero attached hydrogens (tertiary/aromatic N) is 3. The van der Waals surface area contributed by atoms with Crippen molar-refractivity contribution in [2.24, 2.45) is 11.7 Å². The molecular formula is C29H39N5O7. The number of H-pyrrole nitrogens is 1. The van der Waals surface area contributed by atoms with Crippen LogP contribution in [-0.2, 0) is 20.7 Å². The Labute approximate surface area is 238 Å². The summed E-state index contributed by atoms with van der Waals surface area (Å²) in [5, 5.41) is 10.6. The van der Waals surface area contributed by atoms with Crippen molar-refractivity contribution in [3.63, 3.8) is 0 Å². The Morgan fingerprint density at radius 1 is 1.24 bits per heavy atom. The van der Waals surface area contributed by atoms with Crippen LogP contribution in [0.4, 0.5) is 4.79 Å². The number of likely N-dealkylation sites (tertiary alicyclic amines) is 1. The lowest BCUT2D eigenvalue weighted by Gasteiger charge is -2.38. The molecule has 222 valence electrons. The summed E-state index contributed by atoms with van der Waals surface area (Å²) in [5.41, 5.74) is 7.80. The number of aromatic carboxylic acids is 1. The van der Waals surface area contributed by atoms with Crippen LogP contribution in [0.25, 0.3) is 10.9 Å². The first-order chi connectivity index (χ1) is 19.6. The lowest BCUT2D eigenvalue weighted by atomic mass is 9.99. The van der Waals surface area contributed by atoms with E-state index >= 15 is 0 Å². The maximum absolute atomic E-state index is 14.2. The lowest BCUT2D eigenvalue weighted by molar-refractivity contribution is -0.133. The van der Waals surface area contributed by atoms with Crippen molar-refractivity contribution >= 4 is 28.8 Å². The van der Waals surface area contributed by atoms with Gasteiger partial charge in [0.05, 0.1) is 12.1 Å². The molecule has 0 radical (unpaired) electrons. The average Bonchev–Trinajstić information content (AvgIpc) is 3.54. The zero-order valence-electron chi connectivity index (χ0n) is 24.0. The Morgan fingerprint density at radius 2 is 1.95 bits per heavy atom. The second kappa shape index (κ2) is 13.3. The summed E-state index contributed by atoms with van der Waals surface area (Å²) in [6, 6.07) is 5.13. The van der Waals surface area contributed by atoms with Crippen molar-refractivity contribution < 1.29 is 33.4 Å². The summed E-state index contributed by atoms with van der Waals surface area (Å²) >= 11 is 0. The molecular weight excluding hydrogens is 530 g/mol. The molecule has 0 aliphatic carbocycles. The van der Waals surface area contributed by atoms with Gasteiger partial charge in [-0.15, -0.1) is 0 Å². The number of oxazole rings is 1. The molecule has 3 heterocycles. The van der Waals surface area contributed by atoms with Crippen LogP contribution >= 0.6 is 0 Å². The van der Waals surface area contributed by atoms with Gasteiger partial charge in [0.2, 0.25) is 11.8 Å². The van der Waals surface area contributed by atoms with Crippen LogP contribution in [0.5, 0.6) is 0 Å². The standard InChI is InChI=1S/C29H39N5O7/c1-17(2)13-22(30)27(35)34(29(38)33-11-9-20(10-12-33)40-16-39-4)24(26-32-25(28(36)37)18(3)41-26)14-19-15-31-23-8-6-5-7-21(19)23/h5-8,15,17,20,22,24,31H,9-14,16,30H2,1-4H3,(H,36,37)/t22-,24+/m0/s1. The second-order valence-corrected chi connectivity index (χ2v) is 10.8. The predicted octanol–water partition coefficient (Wildman–Crippen LogP) is 3.85. The Hall–Kier alpha value is -3.74. The smallest absolute Gasteiger partial charge is 0.358 e. The fourth-order valence-electron chi connectivity index (χ4n) is 5.25. The molecule has 3 amide bonds. The quantitative estimate of drug-likeness (QED) is 0.291. The topological polar surface area (TPSA) is 164 Å². The zero-order chi connectivity index (χ0) is 29.7. The number of benzene rings is 1. The van der Waals surface area contributed by atoms with Gasteiger partial charge in [0.1, 0.15) is 18.6 Å². The fourth-order valence-corrected chi connectivity index (χ4v) is 5.25. The molecule has 4 rings (SSSR count). The number of rotatable bonds is 11. The molecule has 2 aromatic heterocycles. The monoisotopic (exact) mass is 569 g/mol. The van der Waals surface area contributed by atoms with E-state index in [1.807, 2.05) is 44.3 Å². The van der Waals surface area contributed by atoms with Gasteiger partial charge >= 0.3 is 12.0 Å². The minimum Gasteiger partial charge on any atom is -0.476 e. The second-order valence-electron chi connectivity index (χ2n) is 10.8. The van der Waals surface area contributed by atoms with Gasteiger partial charge in [0.15, 0.2) is 5.69 Å². The molecule has 12 heteroatoms. The third-order valence-electron chi connectivity index (χ3n) is 7.32. The third-order valence-corrected chi connectivity index (χ3v) is 7.32. The Balaban J connectivity index is 1.75. The number of hydrogen-bond donors (Lipinski definition) is 3. The van der Waals surface area contributed by atoms with Gasteiger partial charge in [-0.3, -0.25) is 4.79 Å². The number of nitrogens with one attached hydrogen (secondary N) is 1. The number of carboxylic acid groups (broad SMARTS) is 1. The van der Waals surface area contributed by atoms with Crippen LogP contribution in [0.3, 0.4) is 0 Å². The van der Waals surface area contributed by atoms with Crippen molar-refractivity contribution in [1.82, 2.24) is 19.8 Å². The number of carbonyl (C=O) groups excluding carboxylic acids is 2. The Morgan fingerprint density at radius 3 is 2.59 bits per heavy atom. The van der Waals surface area contributed by atoms with E-state index < -0.39 is 30.0 Å². The van der Waals surface area contributed by atoms with Gasteiger partial charge in [-0.2, -0.15) is 0 Å². The molecule has 12 nitrogen and oxygen atoms in total. The fraction of sp³-hybridized carbons (Fsp3) is 0.517. The molecule has 1 fully saturated rings. The van der Waals surface area contributed by atoms with E-state index in [0.717, 1.165) is 21.4 Å². The number of aromatic amines is 1. The summed E-state index contributed by atoms with van der Waals surface area (Å²) in [7, 11) is 1.55. The number of amides is 3. The number of fused-ring (bicyclic) bond motifs is 1. The molecule has 1 aliphatic rings. The number of urea groups is 1. The molecule has 1 aromatic carbocycles. The van der Waals surface area contributed by atoms with E-state index in [-0.39, 0.29) is 42.6 Å².